The van der Waals surface area contributed by atoms with Gasteiger partial charge in [0.1, 0.15) is 0 Å². The zero-order valence-electron chi connectivity index (χ0n) is 15.6. The highest BCUT2D eigenvalue weighted by atomic mass is 16.5. The van der Waals surface area contributed by atoms with Crippen molar-refractivity contribution in [1.29, 1.82) is 0 Å². The number of rotatable bonds is 6. The SMILES string of the molecule is COc1ccc([C@@H]2NC(=O)NC3=C2C(=O)N(CCC(C)C)C3)cc1OC. The van der Waals surface area contributed by atoms with Gasteiger partial charge in [0.2, 0.25) is 0 Å². The molecule has 2 N–H and O–H groups in total. The number of amides is 3. The number of benzene rings is 1. The van der Waals surface area contributed by atoms with E-state index < -0.39 is 6.04 Å². The van der Waals surface area contributed by atoms with Gasteiger partial charge in [-0.1, -0.05) is 19.9 Å². The fraction of sp³-hybridized carbons (Fsp3) is 0.474. The van der Waals surface area contributed by atoms with E-state index in [9.17, 15) is 9.59 Å². The Balaban J connectivity index is 1.91. The standard InChI is InChI=1S/C19H25N3O4/c1-11(2)7-8-22-10-13-16(18(22)23)17(21-19(24)20-13)12-5-6-14(25-3)15(9-12)26-4/h5-6,9,11,17H,7-8,10H2,1-4H3,(H2,20,21,24)/t17-/m0/s1. The number of hydrogen-bond donors (Lipinski definition) is 2. The molecule has 3 amide bonds. The molecule has 0 fully saturated rings. The minimum absolute atomic E-state index is 0.0343. The summed E-state index contributed by atoms with van der Waals surface area (Å²) in [5.74, 6) is 1.63. The number of hydrogen-bond acceptors (Lipinski definition) is 4. The Morgan fingerprint density at radius 2 is 1.92 bits per heavy atom. The molecule has 3 rings (SSSR count). The van der Waals surface area contributed by atoms with E-state index in [1.54, 1.807) is 31.3 Å². The number of nitrogens with one attached hydrogen (secondary N) is 2. The molecule has 0 aliphatic carbocycles. The van der Waals surface area contributed by atoms with Crippen molar-refractivity contribution in [3.05, 3.63) is 35.0 Å². The van der Waals surface area contributed by atoms with Crippen molar-refractivity contribution in [3.8, 4) is 11.5 Å². The van der Waals surface area contributed by atoms with Crippen molar-refractivity contribution in [2.75, 3.05) is 27.3 Å². The maximum Gasteiger partial charge on any atom is 0.319 e. The average molecular weight is 359 g/mol. The minimum atomic E-state index is -0.505. The van der Waals surface area contributed by atoms with Crippen molar-refractivity contribution in [2.24, 2.45) is 5.92 Å². The lowest BCUT2D eigenvalue weighted by Crippen LogP contribution is -2.44. The van der Waals surface area contributed by atoms with Crippen LogP contribution in [0.5, 0.6) is 11.5 Å². The van der Waals surface area contributed by atoms with Gasteiger partial charge in [-0.15, -0.1) is 0 Å². The predicted octanol–water partition coefficient (Wildman–Crippen LogP) is 2.20. The van der Waals surface area contributed by atoms with Gasteiger partial charge in [0, 0.05) is 6.54 Å². The van der Waals surface area contributed by atoms with E-state index in [4.69, 9.17) is 9.47 Å². The van der Waals surface area contributed by atoms with E-state index in [0.717, 1.165) is 12.0 Å². The molecule has 140 valence electrons. The topological polar surface area (TPSA) is 79.9 Å². The van der Waals surface area contributed by atoms with Gasteiger partial charge in [-0.25, -0.2) is 4.79 Å². The average Bonchev–Trinajstić information content (AvgIpc) is 2.94. The second-order valence-corrected chi connectivity index (χ2v) is 6.95. The van der Waals surface area contributed by atoms with Crippen LogP contribution >= 0.6 is 0 Å². The molecule has 0 radical (unpaired) electrons. The first kappa shape index (κ1) is 18.1. The van der Waals surface area contributed by atoms with Gasteiger partial charge in [0.05, 0.1) is 38.1 Å². The summed E-state index contributed by atoms with van der Waals surface area (Å²) in [6, 6.07) is 4.60. The Bertz CT molecular complexity index is 757. The molecule has 26 heavy (non-hydrogen) atoms. The van der Waals surface area contributed by atoms with Gasteiger partial charge < -0.3 is 25.0 Å². The van der Waals surface area contributed by atoms with Crippen LogP contribution in [0.3, 0.4) is 0 Å². The molecule has 2 heterocycles. The Kier molecular flexibility index (Phi) is 5.06. The van der Waals surface area contributed by atoms with Crippen LogP contribution in [-0.4, -0.2) is 44.1 Å². The van der Waals surface area contributed by atoms with Gasteiger partial charge in [-0.3, -0.25) is 4.79 Å². The molecule has 0 spiro atoms. The van der Waals surface area contributed by atoms with Gasteiger partial charge in [-0.2, -0.15) is 0 Å². The van der Waals surface area contributed by atoms with Gasteiger partial charge in [0.15, 0.2) is 11.5 Å². The van der Waals surface area contributed by atoms with Crippen molar-refractivity contribution in [3.63, 3.8) is 0 Å². The van der Waals surface area contributed by atoms with E-state index >= 15 is 0 Å². The highest BCUT2D eigenvalue weighted by Gasteiger charge is 2.40. The largest absolute Gasteiger partial charge is 0.493 e. The van der Waals surface area contributed by atoms with Crippen LogP contribution in [0.15, 0.2) is 29.5 Å². The third-order valence-corrected chi connectivity index (χ3v) is 4.74. The molecule has 0 saturated heterocycles. The summed E-state index contributed by atoms with van der Waals surface area (Å²) in [4.78, 5) is 26.8. The van der Waals surface area contributed by atoms with Gasteiger partial charge in [-0.05, 0) is 30.0 Å². The van der Waals surface area contributed by atoms with Gasteiger partial charge >= 0.3 is 6.03 Å². The Labute approximate surface area is 153 Å². The van der Waals surface area contributed by atoms with E-state index in [1.165, 1.54) is 0 Å². The summed E-state index contributed by atoms with van der Waals surface area (Å²) in [5.41, 5.74) is 2.06. The Morgan fingerprint density at radius 1 is 1.19 bits per heavy atom. The number of methoxy groups -OCH3 is 2. The summed E-state index contributed by atoms with van der Waals surface area (Å²) < 4.78 is 10.6. The molecule has 1 aromatic carbocycles. The maximum atomic E-state index is 12.9. The summed E-state index contributed by atoms with van der Waals surface area (Å²) in [6.07, 6.45) is 0.925. The molecule has 0 unspecified atom stereocenters. The molecular weight excluding hydrogens is 334 g/mol. The van der Waals surface area contributed by atoms with Crippen LogP contribution in [0.1, 0.15) is 31.9 Å². The van der Waals surface area contributed by atoms with Crippen LogP contribution in [0, 0.1) is 5.92 Å². The first-order chi connectivity index (χ1) is 12.4. The van der Waals surface area contributed by atoms with E-state index in [-0.39, 0.29) is 11.9 Å². The first-order valence-corrected chi connectivity index (χ1v) is 8.76. The normalized spacial score (nSPS) is 19.4. The quantitative estimate of drug-likeness (QED) is 0.816. The van der Waals surface area contributed by atoms with E-state index in [0.29, 0.717) is 41.8 Å². The zero-order chi connectivity index (χ0) is 18.8. The van der Waals surface area contributed by atoms with E-state index in [1.807, 2.05) is 6.07 Å². The molecule has 2 aliphatic rings. The maximum absolute atomic E-state index is 12.9. The number of nitrogens with zero attached hydrogens (tertiary/aromatic N) is 1. The fourth-order valence-electron chi connectivity index (χ4n) is 3.31. The van der Waals surface area contributed by atoms with Crippen molar-refractivity contribution >= 4 is 11.9 Å². The lowest BCUT2D eigenvalue weighted by Gasteiger charge is -2.26. The lowest BCUT2D eigenvalue weighted by atomic mass is 9.96. The number of ether oxygens (including phenoxy) is 2. The van der Waals surface area contributed by atoms with Crippen LogP contribution in [0.2, 0.25) is 0 Å². The molecule has 1 atom stereocenters. The molecule has 7 heteroatoms. The molecule has 1 aromatic rings. The summed E-state index contributed by atoms with van der Waals surface area (Å²) in [5, 5.41) is 5.65. The van der Waals surface area contributed by atoms with Gasteiger partial charge in [0.25, 0.3) is 5.91 Å². The van der Waals surface area contributed by atoms with E-state index in [2.05, 4.69) is 24.5 Å². The zero-order valence-corrected chi connectivity index (χ0v) is 15.6. The van der Waals surface area contributed by atoms with Crippen molar-refractivity contribution in [1.82, 2.24) is 15.5 Å². The predicted molar refractivity (Wildman–Crippen MR) is 97.0 cm³/mol. The lowest BCUT2D eigenvalue weighted by molar-refractivity contribution is -0.125. The fourth-order valence-corrected chi connectivity index (χ4v) is 3.31. The monoisotopic (exact) mass is 359 g/mol. The minimum Gasteiger partial charge on any atom is -0.493 e. The third-order valence-electron chi connectivity index (χ3n) is 4.74. The number of carbonyl (C=O) groups is 2. The second-order valence-electron chi connectivity index (χ2n) is 6.95. The summed E-state index contributed by atoms with van der Waals surface area (Å²) in [6.45, 7) is 5.38. The Morgan fingerprint density at radius 3 is 2.58 bits per heavy atom. The molecule has 0 aromatic heterocycles. The summed E-state index contributed by atoms with van der Waals surface area (Å²) in [7, 11) is 3.12. The molecule has 0 bridgehead atoms. The molecule has 7 nitrogen and oxygen atoms in total. The highest BCUT2D eigenvalue weighted by molar-refractivity contribution is 6.01. The third kappa shape index (κ3) is 3.34. The Hall–Kier alpha value is -2.70. The molecule has 0 saturated carbocycles. The second kappa shape index (κ2) is 7.27. The van der Waals surface area contributed by atoms with Crippen molar-refractivity contribution < 1.29 is 19.1 Å². The van der Waals surface area contributed by atoms with Crippen LogP contribution in [-0.2, 0) is 4.79 Å². The number of urea groups is 1. The van der Waals surface area contributed by atoms with Crippen LogP contribution in [0.25, 0.3) is 0 Å². The highest BCUT2D eigenvalue weighted by Crippen LogP contribution is 2.36. The smallest absolute Gasteiger partial charge is 0.319 e. The van der Waals surface area contributed by atoms with Crippen LogP contribution < -0.4 is 20.1 Å². The molecule has 2 aliphatic heterocycles. The number of carbonyl (C=O) groups excluding carboxylic acids is 2. The van der Waals surface area contributed by atoms with Crippen molar-refractivity contribution in [2.45, 2.75) is 26.3 Å². The summed E-state index contributed by atoms with van der Waals surface area (Å²) >= 11 is 0. The molecular formula is C19H25N3O4. The van der Waals surface area contributed by atoms with Crippen LogP contribution in [0.4, 0.5) is 4.79 Å². The first-order valence-electron chi connectivity index (χ1n) is 8.76.